The molecule has 0 saturated heterocycles. The van der Waals surface area contributed by atoms with Gasteiger partial charge in [-0.1, -0.05) is 30.7 Å². The van der Waals surface area contributed by atoms with E-state index in [1.54, 1.807) is 12.1 Å². The van der Waals surface area contributed by atoms with Crippen LogP contribution in [0.25, 0.3) is 0 Å². The van der Waals surface area contributed by atoms with E-state index in [1.165, 1.54) is 6.07 Å². The Balaban J connectivity index is 2.49. The van der Waals surface area contributed by atoms with Gasteiger partial charge in [0, 0.05) is 13.0 Å². The second-order valence-electron chi connectivity index (χ2n) is 3.65. The van der Waals surface area contributed by atoms with Crippen LogP contribution in [0.15, 0.2) is 18.2 Å². The molecule has 0 saturated carbocycles. The molecule has 1 aromatic carbocycles. The average Bonchev–Trinajstić information content (AvgIpc) is 2.25. The van der Waals surface area contributed by atoms with Gasteiger partial charge in [-0.15, -0.1) is 0 Å². The first kappa shape index (κ1) is 13.4. The quantitative estimate of drug-likeness (QED) is 0.783. The van der Waals surface area contributed by atoms with Gasteiger partial charge in [0.1, 0.15) is 5.82 Å². The van der Waals surface area contributed by atoms with Gasteiger partial charge in [-0.3, -0.25) is 0 Å². The lowest BCUT2D eigenvalue weighted by molar-refractivity contribution is 0.0370. The zero-order chi connectivity index (χ0) is 12.0. The van der Waals surface area contributed by atoms with Crippen LogP contribution in [-0.4, -0.2) is 24.4 Å². The third kappa shape index (κ3) is 4.08. The van der Waals surface area contributed by atoms with Gasteiger partial charge in [0.05, 0.1) is 17.7 Å². The summed E-state index contributed by atoms with van der Waals surface area (Å²) in [6.45, 7) is 2.82. The Bertz CT molecular complexity index is 331. The number of ether oxygens (including phenoxy) is 1. The van der Waals surface area contributed by atoms with Crippen LogP contribution in [0.3, 0.4) is 0 Å². The normalized spacial score (nSPS) is 12.8. The first-order valence-corrected chi connectivity index (χ1v) is 5.71. The molecule has 0 fully saturated rings. The van der Waals surface area contributed by atoms with E-state index in [0.29, 0.717) is 12.2 Å². The Morgan fingerprint density at radius 3 is 2.94 bits per heavy atom. The van der Waals surface area contributed by atoms with Gasteiger partial charge in [-0.25, -0.2) is 4.39 Å². The van der Waals surface area contributed by atoms with Crippen molar-refractivity contribution < 1.29 is 14.2 Å². The van der Waals surface area contributed by atoms with Crippen molar-refractivity contribution >= 4 is 11.6 Å². The molecule has 1 rings (SSSR count). The van der Waals surface area contributed by atoms with Crippen molar-refractivity contribution in [2.75, 3.05) is 13.2 Å². The predicted octanol–water partition coefficient (Wildman–Crippen LogP) is 2.81. The number of rotatable bonds is 6. The monoisotopic (exact) mass is 246 g/mol. The Morgan fingerprint density at radius 2 is 2.25 bits per heavy atom. The molecule has 1 atom stereocenters. The van der Waals surface area contributed by atoms with Crippen LogP contribution in [0.5, 0.6) is 0 Å². The molecule has 0 radical (unpaired) electrons. The molecule has 0 aliphatic heterocycles. The maximum atomic E-state index is 13.5. The lowest BCUT2D eigenvalue weighted by Gasteiger charge is -2.11. The van der Waals surface area contributed by atoms with Gasteiger partial charge in [0.15, 0.2) is 0 Å². The summed E-state index contributed by atoms with van der Waals surface area (Å²) < 4.78 is 18.6. The van der Waals surface area contributed by atoms with E-state index < -0.39 is 11.9 Å². The first-order chi connectivity index (χ1) is 7.65. The fourth-order valence-electron chi connectivity index (χ4n) is 1.38. The molecule has 16 heavy (non-hydrogen) atoms. The Hall–Kier alpha value is -0.640. The second-order valence-corrected chi connectivity index (χ2v) is 4.05. The molecule has 4 heteroatoms. The van der Waals surface area contributed by atoms with Crippen molar-refractivity contribution in [3.05, 3.63) is 34.6 Å². The van der Waals surface area contributed by atoms with Crippen LogP contribution in [0.2, 0.25) is 5.02 Å². The lowest BCUT2D eigenvalue weighted by atomic mass is 10.1. The zero-order valence-electron chi connectivity index (χ0n) is 9.25. The first-order valence-electron chi connectivity index (χ1n) is 5.33. The molecule has 90 valence electrons. The van der Waals surface area contributed by atoms with Crippen LogP contribution in [-0.2, 0) is 11.2 Å². The molecule has 0 heterocycles. The van der Waals surface area contributed by atoms with Crippen LogP contribution in [0, 0.1) is 5.82 Å². The summed E-state index contributed by atoms with van der Waals surface area (Å²) in [5.74, 6) is -0.460. The van der Waals surface area contributed by atoms with Gasteiger partial charge in [0.25, 0.3) is 0 Å². The van der Waals surface area contributed by atoms with Crippen LogP contribution in [0.4, 0.5) is 4.39 Å². The fraction of sp³-hybridized carbons (Fsp3) is 0.500. The standard InChI is InChI=1S/C12H16ClFO2/c1-2-6-16-8-10(15)7-9-4-3-5-11(13)12(9)14/h3-5,10,15H,2,6-8H2,1H3. The molecule has 0 spiro atoms. The summed E-state index contributed by atoms with van der Waals surface area (Å²) in [5.41, 5.74) is 0.417. The van der Waals surface area contributed by atoms with E-state index in [2.05, 4.69) is 0 Å². The summed E-state index contributed by atoms with van der Waals surface area (Å²) in [4.78, 5) is 0. The largest absolute Gasteiger partial charge is 0.390 e. The smallest absolute Gasteiger partial charge is 0.145 e. The third-order valence-electron chi connectivity index (χ3n) is 2.15. The highest BCUT2D eigenvalue weighted by atomic mass is 35.5. The van der Waals surface area contributed by atoms with E-state index in [1.807, 2.05) is 6.92 Å². The highest BCUT2D eigenvalue weighted by Gasteiger charge is 2.11. The van der Waals surface area contributed by atoms with Gasteiger partial charge >= 0.3 is 0 Å². The minimum atomic E-state index is -0.695. The number of hydrogen-bond acceptors (Lipinski definition) is 2. The third-order valence-corrected chi connectivity index (χ3v) is 2.44. The molecule has 1 N–H and O–H groups in total. The van der Waals surface area contributed by atoms with Crippen molar-refractivity contribution in [3.8, 4) is 0 Å². The molecule has 0 bridgehead atoms. The minimum Gasteiger partial charge on any atom is -0.390 e. The van der Waals surface area contributed by atoms with Crippen LogP contribution < -0.4 is 0 Å². The Morgan fingerprint density at radius 1 is 1.50 bits per heavy atom. The van der Waals surface area contributed by atoms with Gasteiger partial charge in [0.2, 0.25) is 0 Å². The van der Waals surface area contributed by atoms with E-state index in [-0.39, 0.29) is 18.1 Å². The van der Waals surface area contributed by atoms with Crippen LogP contribution in [0.1, 0.15) is 18.9 Å². The molecular weight excluding hydrogens is 231 g/mol. The summed E-state index contributed by atoms with van der Waals surface area (Å²) >= 11 is 5.64. The molecule has 1 unspecified atom stereocenters. The molecule has 0 amide bonds. The van der Waals surface area contributed by atoms with Gasteiger partial charge < -0.3 is 9.84 Å². The van der Waals surface area contributed by atoms with E-state index in [4.69, 9.17) is 16.3 Å². The number of aliphatic hydroxyl groups is 1. The van der Waals surface area contributed by atoms with Crippen molar-refractivity contribution in [2.24, 2.45) is 0 Å². The molecule has 0 aromatic heterocycles. The Labute approximate surface area is 100.0 Å². The summed E-state index contributed by atoms with van der Waals surface area (Å²) in [6.07, 6.45) is 0.425. The summed E-state index contributed by atoms with van der Waals surface area (Å²) in [6, 6.07) is 4.77. The second kappa shape index (κ2) is 6.84. The summed E-state index contributed by atoms with van der Waals surface area (Å²) in [5, 5.41) is 9.69. The molecule has 1 aromatic rings. The van der Waals surface area contributed by atoms with Gasteiger partial charge in [-0.05, 0) is 18.1 Å². The highest BCUT2D eigenvalue weighted by molar-refractivity contribution is 6.30. The van der Waals surface area contributed by atoms with E-state index >= 15 is 0 Å². The van der Waals surface area contributed by atoms with Gasteiger partial charge in [-0.2, -0.15) is 0 Å². The average molecular weight is 247 g/mol. The SMILES string of the molecule is CCCOCC(O)Cc1cccc(Cl)c1F. The molecule has 0 aliphatic carbocycles. The fourth-order valence-corrected chi connectivity index (χ4v) is 1.58. The molecule has 2 nitrogen and oxygen atoms in total. The maximum Gasteiger partial charge on any atom is 0.145 e. The van der Waals surface area contributed by atoms with E-state index in [9.17, 15) is 9.50 Å². The van der Waals surface area contributed by atoms with E-state index in [0.717, 1.165) is 6.42 Å². The molecule has 0 aliphatic rings. The number of benzene rings is 1. The lowest BCUT2D eigenvalue weighted by Crippen LogP contribution is -2.19. The van der Waals surface area contributed by atoms with Crippen molar-refractivity contribution in [3.63, 3.8) is 0 Å². The summed E-state index contributed by atoms with van der Waals surface area (Å²) in [7, 11) is 0. The number of hydrogen-bond donors (Lipinski definition) is 1. The number of halogens is 2. The minimum absolute atomic E-state index is 0.0826. The Kier molecular flexibility index (Phi) is 5.74. The topological polar surface area (TPSA) is 29.5 Å². The number of aliphatic hydroxyl groups excluding tert-OH is 1. The van der Waals surface area contributed by atoms with Crippen molar-refractivity contribution in [1.29, 1.82) is 0 Å². The van der Waals surface area contributed by atoms with Crippen molar-refractivity contribution in [1.82, 2.24) is 0 Å². The predicted molar refractivity (Wildman–Crippen MR) is 62.2 cm³/mol. The maximum absolute atomic E-state index is 13.5. The highest BCUT2D eigenvalue weighted by Crippen LogP contribution is 2.19. The van der Waals surface area contributed by atoms with Crippen LogP contribution >= 0.6 is 11.6 Å². The zero-order valence-corrected chi connectivity index (χ0v) is 10.0. The molecular formula is C12H16ClFO2. The van der Waals surface area contributed by atoms with Crippen molar-refractivity contribution in [2.45, 2.75) is 25.9 Å².